The number of rotatable bonds is 0. The summed E-state index contributed by atoms with van der Waals surface area (Å²) in [5.41, 5.74) is 1.29. The molecule has 112 valence electrons. The molecule has 0 saturated carbocycles. The number of fused-ring (bicyclic) bond motifs is 2. The van der Waals surface area contributed by atoms with Gasteiger partial charge in [0, 0.05) is 0 Å². The highest BCUT2D eigenvalue weighted by atomic mass is 16.6. The molecule has 2 heterocycles. The molecule has 1 aromatic heterocycles. The zero-order valence-corrected chi connectivity index (χ0v) is 11.7. The third-order valence-electron chi connectivity index (χ3n) is 3.20. The molecule has 0 bridgehead atoms. The molecule has 0 aromatic carbocycles. The third-order valence-corrected chi connectivity index (χ3v) is 3.20. The van der Waals surface area contributed by atoms with Gasteiger partial charge in [-0.15, -0.1) is 0 Å². The van der Waals surface area contributed by atoms with Gasteiger partial charge in [-0.25, -0.2) is 4.98 Å². The van der Waals surface area contributed by atoms with Gasteiger partial charge < -0.3 is 18.9 Å². The Morgan fingerprint density at radius 2 is 1.67 bits per heavy atom. The highest BCUT2D eigenvalue weighted by Crippen LogP contribution is 2.30. The number of nitrogens with zero attached hydrogens (tertiary/aromatic N) is 1. The molecule has 1 aromatic rings. The zero-order valence-electron chi connectivity index (χ0n) is 11.7. The van der Waals surface area contributed by atoms with Crippen molar-refractivity contribution >= 4 is 5.78 Å². The summed E-state index contributed by atoms with van der Waals surface area (Å²) >= 11 is 0. The molecule has 3 rings (SSSR count). The van der Waals surface area contributed by atoms with Gasteiger partial charge in [-0.1, -0.05) is 6.08 Å². The van der Waals surface area contributed by atoms with Crippen LogP contribution in [0.1, 0.15) is 16.1 Å². The van der Waals surface area contributed by atoms with Crippen molar-refractivity contribution in [3.63, 3.8) is 0 Å². The van der Waals surface area contributed by atoms with Crippen LogP contribution in [0.4, 0.5) is 0 Å². The van der Waals surface area contributed by atoms with Gasteiger partial charge in [-0.05, 0) is 24.1 Å². The lowest BCUT2D eigenvalue weighted by Gasteiger charge is -2.17. The third kappa shape index (κ3) is 3.40. The summed E-state index contributed by atoms with van der Waals surface area (Å²) < 4.78 is 22.0. The van der Waals surface area contributed by atoms with Crippen LogP contribution in [0, 0.1) is 0 Å². The van der Waals surface area contributed by atoms with E-state index in [4.69, 9.17) is 18.9 Å². The standard InChI is InChI=1S/C15H17NO5/c17-12-3-1-2-11-10-13-15(16-14(11)12)21-9-7-19-5-4-18-6-8-20-13/h1,3,10H,2,4-9H2. The Labute approximate surface area is 122 Å². The molecular formula is C15H17NO5. The Bertz CT molecular complexity index is 555. The highest BCUT2D eigenvalue weighted by Gasteiger charge is 2.20. The Morgan fingerprint density at radius 3 is 2.48 bits per heavy atom. The predicted octanol–water partition coefficient (Wildman–Crippen LogP) is 1.18. The van der Waals surface area contributed by atoms with Gasteiger partial charge in [0.2, 0.25) is 5.78 Å². The summed E-state index contributed by atoms with van der Waals surface area (Å²) in [6.07, 6.45) is 4.03. The number of aromatic nitrogens is 1. The van der Waals surface area contributed by atoms with E-state index < -0.39 is 0 Å². The minimum absolute atomic E-state index is 0.103. The maximum atomic E-state index is 11.9. The second kappa shape index (κ2) is 6.69. The van der Waals surface area contributed by atoms with Crippen LogP contribution in [0.15, 0.2) is 18.2 Å². The van der Waals surface area contributed by atoms with Crippen molar-refractivity contribution in [2.24, 2.45) is 0 Å². The first-order valence-electron chi connectivity index (χ1n) is 7.00. The number of carbonyl (C=O) groups excluding carboxylic acids is 1. The first-order chi connectivity index (χ1) is 10.3. The molecule has 2 aliphatic rings. The largest absolute Gasteiger partial charge is 0.486 e. The molecule has 0 atom stereocenters. The predicted molar refractivity (Wildman–Crippen MR) is 74.0 cm³/mol. The van der Waals surface area contributed by atoms with E-state index in [1.165, 1.54) is 6.08 Å². The fraction of sp³-hybridized carbons (Fsp3) is 0.467. The second-order valence-corrected chi connectivity index (χ2v) is 4.69. The van der Waals surface area contributed by atoms with Crippen molar-refractivity contribution in [1.82, 2.24) is 4.98 Å². The lowest BCUT2D eigenvalue weighted by Crippen LogP contribution is -2.18. The lowest BCUT2D eigenvalue weighted by molar-refractivity contribution is 0.0215. The fourth-order valence-corrected chi connectivity index (χ4v) is 2.19. The number of ether oxygens (including phenoxy) is 4. The normalized spacial score (nSPS) is 19.3. The van der Waals surface area contributed by atoms with E-state index in [1.807, 2.05) is 12.1 Å². The van der Waals surface area contributed by atoms with E-state index in [-0.39, 0.29) is 5.78 Å². The highest BCUT2D eigenvalue weighted by molar-refractivity contribution is 6.05. The summed E-state index contributed by atoms with van der Waals surface area (Å²) in [6.45, 7) is 2.73. The molecule has 21 heavy (non-hydrogen) atoms. The molecule has 0 spiro atoms. The topological polar surface area (TPSA) is 66.9 Å². The van der Waals surface area contributed by atoms with Crippen LogP contribution in [0.5, 0.6) is 11.6 Å². The number of pyridine rings is 1. The fourth-order valence-electron chi connectivity index (χ4n) is 2.19. The lowest BCUT2D eigenvalue weighted by atomic mass is 10.0. The van der Waals surface area contributed by atoms with E-state index in [0.29, 0.717) is 63.4 Å². The van der Waals surface area contributed by atoms with Crippen molar-refractivity contribution in [2.45, 2.75) is 6.42 Å². The second-order valence-electron chi connectivity index (χ2n) is 4.69. The number of allylic oxidation sites excluding steroid dienone is 2. The number of ketones is 1. The summed E-state index contributed by atoms with van der Waals surface area (Å²) in [5, 5.41) is 0. The number of hydrogen-bond donors (Lipinski definition) is 0. The molecular weight excluding hydrogens is 274 g/mol. The first kappa shape index (κ1) is 14.0. The van der Waals surface area contributed by atoms with Crippen molar-refractivity contribution in [2.75, 3.05) is 39.6 Å². The Morgan fingerprint density at radius 1 is 0.952 bits per heavy atom. The zero-order chi connectivity index (χ0) is 14.5. The summed E-state index contributed by atoms with van der Waals surface area (Å²) in [5.74, 6) is 0.774. The van der Waals surface area contributed by atoms with Crippen LogP contribution in [-0.2, 0) is 15.9 Å². The quantitative estimate of drug-likeness (QED) is 0.715. The van der Waals surface area contributed by atoms with Gasteiger partial charge in [0.25, 0.3) is 5.88 Å². The minimum Gasteiger partial charge on any atom is -0.486 e. The molecule has 0 N–H and O–H groups in total. The Hall–Kier alpha value is -1.92. The van der Waals surface area contributed by atoms with E-state index in [2.05, 4.69) is 4.98 Å². The number of hydrogen-bond acceptors (Lipinski definition) is 6. The monoisotopic (exact) mass is 291 g/mol. The molecule has 0 saturated heterocycles. The summed E-state index contributed by atoms with van der Waals surface area (Å²) in [4.78, 5) is 16.2. The minimum atomic E-state index is -0.103. The van der Waals surface area contributed by atoms with Crippen LogP contribution in [-0.4, -0.2) is 50.4 Å². The average Bonchev–Trinajstić information content (AvgIpc) is 2.48. The van der Waals surface area contributed by atoms with Crippen LogP contribution in [0.2, 0.25) is 0 Å². The maximum absolute atomic E-state index is 11.9. The SMILES string of the molecule is O=C1C=CCc2cc3c(nc21)OCCOCCOCCO3. The molecule has 0 amide bonds. The molecule has 0 unspecified atom stereocenters. The van der Waals surface area contributed by atoms with E-state index in [9.17, 15) is 4.79 Å². The van der Waals surface area contributed by atoms with Gasteiger partial charge in [-0.2, -0.15) is 0 Å². The Kier molecular flexibility index (Phi) is 4.47. The van der Waals surface area contributed by atoms with E-state index >= 15 is 0 Å². The molecule has 6 nitrogen and oxygen atoms in total. The van der Waals surface area contributed by atoms with Crippen molar-refractivity contribution in [1.29, 1.82) is 0 Å². The molecule has 6 heteroatoms. The van der Waals surface area contributed by atoms with E-state index in [1.54, 1.807) is 0 Å². The van der Waals surface area contributed by atoms with Crippen molar-refractivity contribution < 1.29 is 23.7 Å². The van der Waals surface area contributed by atoms with Crippen LogP contribution >= 0.6 is 0 Å². The first-order valence-corrected chi connectivity index (χ1v) is 7.00. The molecule has 0 radical (unpaired) electrons. The average molecular weight is 291 g/mol. The summed E-state index contributed by atoms with van der Waals surface area (Å²) in [6, 6.07) is 1.83. The van der Waals surface area contributed by atoms with Gasteiger partial charge in [0.1, 0.15) is 18.9 Å². The van der Waals surface area contributed by atoms with Crippen LogP contribution in [0.3, 0.4) is 0 Å². The van der Waals surface area contributed by atoms with Crippen molar-refractivity contribution in [3.05, 3.63) is 29.5 Å². The van der Waals surface area contributed by atoms with Crippen molar-refractivity contribution in [3.8, 4) is 11.6 Å². The smallest absolute Gasteiger partial charge is 0.257 e. The van der Waals surface area contributed by atoms with Gasteiger partial charge >= 0.3 is 0 Å². The molecule has 1 aliphatic carbocycles. The van der Waals surface area contributed by atoms with E-state index in [0.717, 1.165) is 5.56 Å². The maximum Gasteiger partial charge on any atom is 0.257 e. The molecule has 0 fully saturated rings. The van der Waals surface area contributed by atoms with Crippen LogP contribution in [0.25, 0.3) is 0 Å². The Balaban J connectivity index is 1.85. The van der Waals surface area contributed by atoms with Gasteiger partial charge in [-0.3, -0.25) is 4.79 Å². The van der Waals surface area contributed by atoms with Gasteiger partial charge in [0.15, 0.2) is 5.75 Å². The molecule has 1 aliphatic heterocycles. The van der Waals surface area contributed by atoms with Crippen LogP contribution < -0.4 is 9.47 Å². The van der Waals surface area contributed by atoms with Gasteiger partial charge in [0.05, 0.1) is 26.4 Å². The number of carbonyl (C=O) groups is 1. The summed E-state index contributed by atoms with van der Waals surface area (Å²) in [7, 11) is 0.